The summed E-state index contributed by atoms with van der Waals surface area (Å²) in [6.07, 6.45) is 0.917. The van der Waals surface area contributed by atoms with Gasteiger partial charge in [-0.05, 0) is 19.3 Å². The van der Waals surface area contributed by atoms with E-state index in [0.29, 0.717) is 12.8 Å². The smallest absolute Gasteiger partial charge is 0.328 e. The quantitative estimate of drug-likeness (QED) is 0.484. The lowest BCUT2D eigenvalue weighted by atomic mass is 9.82. The van der Waals surface area contributed by atoms with Crippen molar-refractivity contribution in [3.8, 4) is 0 Å². The highest BCUT2D eigenvalue weighted by molar-refractivity contribution is 7.52. The van der Waals surface area contributed by atoms with E-state index < -0.39 is 24.8 Å². The third-order valence-corrected chi connectivity index (χ3v) is 4.05. The lowest BCUT2D eigenvalue weighted by molar-refractivity contribution is -0.144. The number of hydrogen-bond acceptors (Lipinski definition) is 3. The highest BCUT2D eigenvalue weighted by atomic mass is 31.2. The first-order chi connectivity index (χ1) is 6.26. The Morgan fingerprint density at radius 1 is 1.50 bits per heavy atom. The van der Waals surface area contributed by atoms with E-state index in [4.69, 9.17) is 20.6 Å². The van der Waals surface area contributed by atoms with E-state index in [-0.39, 0.29) is 12.8 Å². The van der Waals surface area contributed by atoms with Gasteiger partial charge in [-0.25, -0.2) is 0 Å². The number of carboxylic acid groups (broad SMARTS) is 1. The summed E-state index contributed by atoms with van der Waals surface area (Å²) in [4.78, 5) is 28.6. The van der Waals surface area contributed by atoms with Gasteiger partial charge in [0.1, 0.15) is 5.54 Å². The Kier molecular flexibility index (Phi) is 3.02. The lowest BCUT2D eigenvalue weighted by Crippen LogP contribution is -2.52. The molecule has 0 saturated heterocycles. The van der Waals surface area contributed by atoms with Gasteiger partial charge in [0.15, 0.2) is 0 Å². The molecule has 5 N–H and O–H groups in total. The van der Waals surface area contributed by atoms with E-state index >= 15 is 0 Å². The zero-order valence-electron chi connectivity index (χ0n) is 7.59. The minimum Gasteiger partial charge on any atom is -0.480 e. The fourth-order valence-electron chi connectivity index (χ4n) is 1.76. The molecule has 0 radical (unpaired) electrons. The molecule has 14 heavy (non-hydrogen) atoms. The molecule has 1 aliphatic carbocycles. The SMILES string of the molecule is N[C@@]1(C(=O)O)CCC[C@H](P(=O)(O)O)C1. The highest BCUT2D eigenvalue weighted by Crippen LogP contribution is 2.49. The maximum Gasteiger partial charge on any atom is 0.328 e. The van der Waals surface area contributed by atoms with Crippen LogP contribution in [0.15, 0.2) is 0 Å². The second-order valence-corrected chi connectivity index (χ2v) is 5.71. The van der Waals surface area contributed by atoms with Crippen LogP contribution in [0, 0.1) is 0 Å². The van der Waals surface area contributed by atoms with Gasteiger partial charge in [0.05, 0.1) is 5.66 Å². The van der Waals surface area contributed by atoms with Crippen molar-refractivity contribution in [3.63, 3.8) is 0 Å². The first kappa shape index (κ1) is 11.7. The molecule has 0 aromatic rings. The number of carboxylic acids is 1. The summed E-state index contributed by atoms with van der Waals surface area (Å²) >= 11 is 0. The third kappa shape index (κ3) is 2.33. The van der Waals surface area contributed by atoms with Gasteiger partial charge in [0.2, 0.25) is 0 Å². The van der Waals surface area contributed by atoms with Crippen molar-refractivity contribution >= 4 is 13.6 Å². The molecule has 0 spiro atoms. The van der Waals surface area contributed by atoms with Crippen LogP contribution < -0.4 is 5.73 Å². The largest absolute Gasteiger partial charge is 0.480 e. The number of hydrogen-bond donors (Lipinski definition) is 4. The number of aliphatic carboxylic acids is 1. The molecule has 7 heteroatoms. The van der Waals surface area contributed by atoms with Gasteiger partial charge >= 0.3 is 13.6 Å². The Morgan fingerprint density at radius 2 is 2.07 bits per heavy atom. The van der Waals surface area contributed by atoms with Crippen LogP contribution >= 0.6 is 7.60 Å². The van der Waals surface area contributed by atoms with E-state index in [2.05, 4.69) is 0 Å². The zero-order valence-corrected chi connectivity index (χ0v) is 8.48. The van der Waals surface area contributed by atoms with Crippen LogP contribution in [0.3, 0.4) is 0 Å². The predicted molar refractivity (Wildman–Crippen MR) is 48.9 cm³/mol. The Balaban J connectivity index is 2.79. The molecule has 6 nitrogen and oxygen atoms in total. The summed E-state index contributed by atoms with van der Waals surface area (Å²) in [7, 11) is -4.20. The van der Waals surface area contributed by atoms with Crippen LogP contribution in [0.1, 0.15) is 25.7 Å². The van der Waals surface area contributed by atoms with E-state index in [1.54, 1.807) is 0 Å². The average molecular weight is 223 g/mol. The molecule has 1 rings (SSSR count). The highest BCUT2D eigenvalue weighted by Gasteiger charge is 2.44. The van der Waals surface area contributed by atoms with Gasteiger partial charge < -0.3 is 20.6 Å². The van der Waals surface area contributed by atoms with Crippen LogP contribution in [0.2, 0.25) is 0 Å². The maximum absolute atomic E-state index is 10.9. The number of rotatable bonds is 2. The van der Waals surface area contributed by atoms with E-state index in [1.807, 2.05) is 0 Å². The van der Waals surface area contributed by atoms with Gasteiger partial charge in [-0.3, -0.25) is 9.36 Å². The molecule has 2 atom stereocenters. The molecular formula is C7H14NO5P. The van der Waals surface area contributed by atoms with Gasteiger partial charge in [-0.15, -0.1) is 0 Å². The molecule has 1 saturated carbocycles. The normalized spacial score (nSPS) is 34.1. The van der Waals surface area contributed by atoms with Crippen molar-refractivity contribution in [2.24, 2.45) is 5.73 Å². The monoisotopic (exact) mass is 223 g/mol. The standard InChI is InChI=1S/C7H14NO5P/c8-7(6(9)10)3-1-2-5(4-7)14(11,12)13/h5H,1-4,8H2,(H,9,10)(H2,11,12,13)/t5-,7-/m0/s1. The first-order valence-electron chi connectivity index (χ1n) is 4.33. The van der Waals surface area contributed by atoms with Gasteiger partial charge in [0.25, 0.3) is 0 Å². The molecule has 0 heterocycles. The van der Waals surface area contributed by atoms with Crippen LogP contribution in [0.4, 0.5) is 0 Å². The van der Waals surface area contributed by atoms with Crippen molar-refractivity contribution in [1.82, 2.24) is 0 Å². The minimum atomic E-state index is -4.20. The van der Waals surface area contributed by atoms with Crippen molar-refractivity contribution < 1.29 is 24.3 Å². The molecule has 0 bridgehead atoms. The summed E-state index contributed by atoms with van der Waals surface area (Å²) in [5, 5.41) is 8.80. The predicted octanol–water partition coefficient (Wildman–Crippen LogP) is -0.111. The molecule has 1 fully saturated rings. The molecule has 0 amide bonds. The van der Waals surface area contributed by atoms with Crippen molar-refractivity contribution in [2.45, 2.75) is 36.9 Å². The molecule has 0 aromatic carbocycles. The van der Waals surface area contributed by atoms with Crippen molar-refractivity contribution in [3.05, 3.63) is 0 Å². The van der Waals surface area contributed by atoms with Crippen molar-refractivity contribution in [1.29, 1.82) is 0 Å². The maximum atomic E-state index is 10.9. The van der Waals surface area contributed by atoms with Crippen molar-refractivity contribution in [2.75, 3.05) is 0 Å². The lowest BCUT2D eigenvalue weighted by Gasteiger charge is -2.34. The van der Waals surface area contributed by atoms with Gasteiger partial charge in [0, 0.05) is 0 Å². The topological polar surface area (TPSA) is 121 Å². The first-order valence-corrected chi connectivity index (χ1v) is 6.01. The Labute approximate surface area is 81.3 Å². The Bertz CT molecular complexity index is 288. The van der Waals surface area contributed by atoms with Crippen LogP contribution in [0.5, 0.6) is 0 Å². The molecule has 1 aliphatic rings. The fourth-order valence-corrected chi connectivity index (χ4v) is 2.84. The molecule has 0 unspecified atom stereocenters. The molecular weight excluding hydrogens is 209 g/mol. The number of carbonyl (C=O) groups is 1. The van der Waals surface area contributed by atoms with E-state index in [1.165, 1.54) is 0 Å². The van der Waals surface area contributed by atoms with E-state index in [0.717, 1.165) is 0 Å². The van der Waals surface area contributed by atoms with Gasteiger partial charge in [-0.2, -0.15) is 0 Å². The summed E-state index contributed by atoms with van der Waals surface area (Å²) in [5.41, 5.74) is 3.17. The summed E-state index contributed by atoms with van der Waals surface area (Å²) in [6, 6.07) is 0. The third-order valence-electron chi connectivity index (χ3n) is 2.66. The summed E-state index contributed by atoms with van der Waals surface area (Å²) < 4.78 is 10.9. The summed E-state index contributed by atoms with van der Waals surface area (Å²) in [5.74, 6) is -1.18. The van der Waals surface area contributed by atoms with Gasteiger partial charge in [-0.1, -0.05) is 6.42 Å². The number of nitrogens with two attached hydrogens (primary N) is 1. The average Bonchev–Trinajstić information content (AvgIpc) is 2.02. The Hall–Kier alpha value is -0.420. The minimum absolute atomic E-state index is 0.146. The van der Waals surface area contributed by atoms with Crippen LogP contribution in [0.25, 0.3) is 0 Å². The summed E-state index contributed by atoms with van der Waals surface area (Å²) in [6.45, 7) is 0. The molecule has 82 valence electrons. The van der Waals surface area contributed by atoms with Crippen LogP contribution in [-0.2, 0) is 9.36 Å². The van der Waals surface area contributed by atoms with Crippen LogP contribution in [-0.4, -0.2) is 32.1 Å². The molecule has 0 aromatic heterocycles. The molecule has 0 aliphatic heterocycles. The Morgan fingerprint density at radius 3 is 2.50 bits per heavy atom. The van der Waals surface area contributed by atoms with E-state index in [9.17, 15) is 9.36 Å². The second kappa shape index (κ2) is 3.62. The fraction of sp³-hybridized carbons (Fsp3) is 0.857. The zero-order chi connectivity index (χ0) is 11.0. The second-order valence-electron chi connectivity index (χ2n) is 3.80.